The molecule has 0 aliphatic rings. The number of H-pyrrole nitrogens is 1. The van der Waals surface area contributed by atoms with Gasteiger partial charge in [0, 0.05) is 20.8 Å². The van der Waals surface area contributed by atoms with E-state index in [0.717, 1.165) is 10.0 Å². The number of halogens is 1. The molecule has 31 heavy (non-hydrogen) atoms. The van der Waals surface area contributed by atoms with Crippen molar-refractivity contribution < 1.29 is 9.90 Å². The SMILES string of the molecule is O=C(N=Nc1c(O)[nH]c2ccccc12)c1cc(-c2ccc(Br)cc2)nc2ccccc12. The Kier molecular flexibility index (Phi) is 4.80. The number of hydrogen-bond acceptors (Lipinski definition) is 4. The summed E-state index contributed by atoms with van der Waals surface area (Å²) < 4.78 is 0.959. The van der Waals surface area contributed by atoms with Crippen molar-refractivity contribution in [3.63, 3.8) is 0 Å². The van der Waals surface area contributed by atoms with E-state index in [1.54, 1.807) is 12.1 Å². The van der Waals surface area contributed by atoms with Crippen molar-refractivity contribution in [2.24, 2.45) is 10.2 Å². The van der Waals surface area contributed by atoms with Crippen LogP contribution in [-0.2, 0) is 0 Å². The van der Waals surface area contributed by atoms with Crippen LogP contribution >= 0.6 is 15.9 Å². The van der Waals surface area contributed by atoms with Crippen LogP contribution in [0, 0.1) is 0 Å². The van der Waals surface area contributed by atoms with E-state index in [4.69, 9.17) is 4.98 Å². The van der Waals surface area contributed by atoms with E-state index < -0.39 is 5.91 Å². The van der Waals surface area contributed by atoms with E-state index in [9.17, 15) is 9.90 Å². The first kappa shape index (κ1) is 19.1. The first-order valence-electron chi connectivity index (χ1n) is 9.51. The molecule has 0 aliphatic carbocycles. The van der Waals surface area contributed by atoms with Gasteiger partial charge in [-0.3, -0.25) is 4.79 Å². The monoisotopic (exact) mass is 470 g/mol. The van der Waals surface area contributed by atoms with Crippen LogP contribution < -0.4 is 0 Å². The number of aromatic amines is 1. The Labute approximate surface area is 185 Å². The molecule has 0 fully saturated rings. The molecule has 2 heterocycles. The minimum absolute atomic E-state index is 0.132. The van der Waals surface area contributed by atoms with E-state index in [2.05, 4.69) is 31.1 Å². The fourth-order valence-corrected chi connectivity index (χ4v) is 3.75. The van der Waals surface area contributed by atoms with Crippen molar-refractivity contribution in [3.05, 3.63) is 88.9 Å². The number of amides is 1. The first-order valence-corrected chi connectivity index (χ1v) is 10.3. The molecule has 0 spiro atoms. The topological polar surface area (TPSA) is 90.7 Å². The highest BCUT2D eigenvalue weighted by atomic mass is 79.9. The van der Waals surface area contributed by atoms with Gasteiger partial charge in [0.2, 0.25) is 5.88 Å². The molecule has 5 rings (SSSR count). The van der Waals surface area contributed by atoms with E-state index in [0.29, 0.717) is 33.1 Å². The van der Waals surface area contributed by atoms with Crippen LogP contribution in [0.2, 0.25) is 0 Å². The van der Waals surface area contributed by atoms with Crippen LogP contribution in [0.3, 0.4) is 0 Å². The van der Waals surface area contributed by atoms with Crippen LogP contribution in [0.4, 0.5) is 5.69 Å². The molecule has 7 heteroatoms. The molecule has 0 atom stereocenters. The Morgan fingerprint density at radius 1 is 0.935 bits per heavy atom. The van der Waals surface area contributed by atoms with Crippen LogP contribution in [0.25, 0.3) is 33.1 Å². The third kappa shape index (κ3) is 3.60. The predicted molar refractivity (Wildman–Crippen MR) is 124 cm³/mol. The lowest BCUT2D eigenvalue weighted by atomic mass is 10.0. The smallest absolute Gasteiger partial charge is 0.296 e. The second-order valence-corrected chi connectivity index (χ2v) is 7.87. The maximum atomic E-state index is 13.1. The normalized spacial score (nSPS) is 11.5. The maximum Gasteiger partial charge on any atom is 0.296 e. The van der Waals surface area contributed by atoms with E-state index in [-0.39, 0.29) is 11.6 Å². The van der Waals surface area contributed by atoms with Crippen molar-refractivity contribution in [1.82, 2.24) is 9.97 Å². The summed E-state index contributed by atoms with van der Waals surface area (Å²) in [5.74, 6) is -0.644. The molecule has 0 bridgehead atoms. The molecule has 1 amide bonds. The molecule has 0 aliphatic heterocycles. The Morgan fingerprint density at radius 2 is 1.65 bits per heavy atom. The zero-order valence-corrected chi connectivity index (χ0v) is 17.7. The third-order valence-electron chi connectivity index (χ3n) is 4.99. The van der Waals surface area contributed by atoms with Gasteiger partial charge in [-0.2, -0.15) is 0 Å². The Hall–Kier alpha value is -3.84. The molecule has 150 valence electrons. The van der Waals surface area contributed by atoms with E-state index in [1.165, 1.54) is 0 Å². The quantitative estimate of drug-likeness (QED) is 0.284. The highest BCUT2D eigenvalue weighted by Crippen LogP contribution is 2.35. The second kappa shape index (κ2) is 7.77. The van der Waals surface area contributed by atoms with Gasteiger partial charge in [0.15, 0.2) is 5.69 Å². The van der Waals surface area contributed by atoms with Gasteiger partial charge in [-0.25, -0.2) is 4.98 Å². The molecule has 0 saturated carbocycles. The number of pyridine rings is 1. The number of aromatic hydroxyl groups is 1. The number of carbonyl (C=O) groups is 1. The van der Waals surface area contributed by atoms with Crippen LogP contribution in [0.15, 0.2) is 93.6 Å². The zero-order chi connectivity index (χ0) is 21.4. The Balaban J connectivity index is 1.60. The van der Waals surface area contributed by atoms with Crippen molar-refractivity contribution in [1.29, 1.82) is 0 Å². The summed E-state index contributed by atoms with van der Waals surface area (Å²) in [6, 6.07) is 24.1. The molecule has 0 unspecified atom stereocenters. The lowest BCUT2D eigenvalue weighted by Crippen LogP contribution is -1.98. The minimum atomic E-state index is -0.512. The summed E-state index contributed by atoms with van der Waals surface area (Å²) >= 11 is 3.43. The number of aromatic nitrogens is 2. The van der Waals surface area contributed by atoms with Gasteiger partial charge in [-0.05, 0) is 30.3 Å². The van der Waals surface area contributed by atoms with Crippen molar-refractivity contribution in [3.8, 4) is 17.1 Å². The average molecular weight is 471 g/mol. The second-order valence-electron chi connectivity index (χ2n) is 6.95. The van der Waals surface area contributed by atoms with Gasteiger partial charge >= 0.3 is 0 Å². The number of rotatable bonds is 3. The van der Waals surface area contributed by atoms with Crippen LogP contribution in [0.1, 0.15) is 10.4 Å². The number of hydrogen-bond donors (Lipinski definition) is 2. The van der Waals surface area contributed by atoms with Gasteiger partial charge in [0.1, 0.15) is 0 Å². The summed E-state index contributed by atoms with van der Waals surface area (Å²) in [7, 11) is 0. The highest BCUT2D eigenvalue weighted by Gasteiger charge is 2.15. The van der Waals surface area contributed by atoms with Crippen molar-refractivity contribution in [2.45, 2.75) is 0 Å². The lowest BCUT2D eigenvalue weighted by Gasteiger charge is -2.07. The van der Waals surface area contributed by atoms with Gasteiger partial charge in [0.25, 0.3) is 5.91 Å². The molecule has 5 aromatic rings. The third-order valence-corrected chi connectivity index (χ3v) is 5.52. The number of azo groups is 1. The van der Waals surface area contributed by atoms with Gasteiger partial charge in [0.05, 0.1) is 22.3 Å². The highest BCUT2D eigenvalue weighted by molar-refractivity contribution is 9.10. The summed E-state index contributed by atoms with van der Waals surface area (Å²) in [6.07, 6.45) is 0. The minimum Gasteiger partial charge on any atom is -0.493 e. The lowest BCUT2D eigenvalue weighted by molar-refractivity contribution is 0.0996. The van der Waals surface area contributed by atoms with Gasteiger partial charge in [-0.15, -0.1) is 10.2 Å². The molecule has 6 nitrogen and oxygen atoms in total. The number of nitrogens with zero attached hydrogens (tertiary/aromatic N) is 3. The molecule has 3 aromatic carbocycles. The fraction of sp³-hybridized carbons (Fsp3) is 0. The van der Waals surface area contributed by atoms with Crippen LogP contribution in [-0.4, -0.2) is 21.0 Å². The largest absolute Gasteiger partial charge is 0.493 e. The Morgan fingerprint density at radius 3 is 2.45 bits per heavy atom. The standard InChI is InChI=1S/C24H15BrN4O2/c25-15-11-9-14(10-12-15)21-13-18(16-5-1-3-7-19(16)26-21)23(30)29-28-22-17-6-2-4-8-20(17)27-24(22)31/h1-13,27,31H. The average Bonchev–Trinajstić information content (AvgIpc) is 3.12. The van der Waals surface area contributed by atoms with Gasteiger partial charge in [-0.1, -0.05) is 64.5 Å². The van der Waals surface area contributed by atoms with Gasteiger partial charge < -0.3 is 10.1 Å². The molecular formula is C24H15BrN4O2. The van der Waals surface area contributed by atoms with E-state index >= 15 is 0 Å². The predicted octanol–water partition coefficient (Wildman–Crippen LogP) is 6.78. The van der Waals surface area contributed by atoms with Crippen molar-refractivity contribution >= 4 is 49.3 Å². The summed E-state index contributed by atoms with van der Waals surface area (Å²) in [5.41, 5.74) is 3.58. The molecule has 0 saturated heterocycles. The number of fused-ring (bicyclic) bond motifs is 2. The molecule has 2 N–H and O–H groups in total. The summed E-state index contributed by atoms with van der Waals surface area (Å²) in [5, 5.41) is 19.5. The molecule has 2 aromatic heterocycles. The number of nitrogens with one attached hydrogen (secondary N) is 1. The maximum absolute atomic E-state index is 13.1. The van der Waals surface area contributed by atoms with Crippen molar-refractivity contribution in [2.75, 3.05) is 0 Å². The fourth-order valence-electron chi connectivity index (χ4n) is 3.48. The summed E-state index contributed by atoms with van der Waals surface area (Å²) in [4.78, 5) is 20.6. The number of carbonyl (C=O) groups excluding carboxylic acids is 1. The van der Waals surface area contributed by atoms with E-state index in [1.807, 2.05) is 66.7 Å². The number of benzene rings is 3. The first-order chi connectivity index (χ1) is 15.1. The van der Waals surface area contributed by atoms with Crippen LogP contribution in [0.5, 0.6) is 5.88 Å². The summed E-state index contributed by atoms with van der Waals surface area (Å²) in [6.45, 7) is 0. The molecular weight excluding hydrogens is 456 g/mol. The number of para-hydroxylation sites is 2. The Bertz CT molecular complexity index is 1470. The zero-order valence-electron chi connectivity index (χ0n) is 16.1. The molecule has 0 radical (unpaired) electrons.